The van der Waals surface area contributed by atoms with Crippen LogP contribution in [0.2, 0.25) is 0 Å². The molecule has 0 aromatic heterocycles. The average molecular weight is 293 g/mol. The van der Waals surface area contributed by atoms with Crippen LogP contribution in [0.5, 0.6) is 0 Å². The van der Waals surface area contributed by atoms with Crippen LogP contribution in [0.1, 0.15) is 45.1 Å². The minimum Gasteiger partial charge on any atom is -0.383 e. The topological polar surface area (TPSA) is 21.3 Å². The largest absolute Gasteiger partial charge is 0.383 e. The maximum absolute atomic E-state index is 14.3. The summed E-state index contributed by atoms with van der Waals surface area (Å²) >= 11 is 0. The molecule has 0 spiro atoms. The number of hydrogen-bond donors (Lipinski definition) is 1. The summed E-state index contributed by atoms with van der Waals surface area (Å²) in [6.07, 6.45) is 4.51. The maximum atomic E-state index is 14.3. The third kappa shape index (κ3) is 3.29. The molecule has 21 heavy (non-hydrogen) atoms. The van der Waals surface area contributed by atoms with Gasteiger partial charge in [0.05, 0.1) is 6.61 Å². The van der Waals surface area contributed by atoms with Crippen LogP contribution < -0.4 is 5.32 Å². The third-order valence-corrected chi connectivity index (χ3v) is 5.32. The van der Waals surface area contributed by atoms with Crippen LogP contribution in [-0.2, 0) is 10.2 Å². The van der Waals surface area contributed by atoms with E-state index in [1.807, 2.05) is 12.1 Å². The monoisotopic (exact) mass is 293 g/mol. The van der Waals surface area contributed by atoms with Crippen LogP contribution in [0.4, 0.5) is 4.39 Å². The molecule has 1 aromatic rings. The highest BCUT2D eigenvalue weighted by Gasteiger charge is 2.53. The van der Waals surface area contributed by atoms with Crippen molar-refractivity contribution in [3.63, 3.8) is 0 Å². The number of ether oxygens (including phenoxy) is 1. The van der Waals surface area contributed by atoms with Gasteiger partial charge >= 0.3 is 0 Å². The van der Waals surface area contributed by atoms with E-state index in [1.165, 1.54) is 12.8 Å². The molecular weight excluding hydrogens is 265 g/mol. The molecule has 1 N–H and O–H groups in total. The van der Waals surface area contributed by atoms with Crippen molar-refractivity contribution in [3.05, 3.63) is 35.6 Å². The zero-order valence-electron chi connectivity index (χ0n) is 13.5. The minimum atomic E-state index is -0.0631. The molecule has 1 aliphatic rings. The van der Waals surface area contributed by atoms with E-state index in [-0.39, 0.29) is 11.2 Å². The summed E-state index contributed by atoms with van der Waals surface area (Å²) in [5.41, 5.74) is 1.23. The lowest BCUT2D eigenvalue weighted by Crippen LogP contribution is -2.55. The molecule has 118 valence electrons. The predicted octanol–water partition coefficient (Wildman–Crippen LogP) is 3.90. The molecule has 0 saturated heterocycles. The normalized spacial score (nSPS) is 19.2. The molecular formula is C18H28FNO. The molecule has 0 atom stereocenters. The van der Waals surface area contributed by atoms with Crippen molar-refractivity contribution < 1.29 is 9.13 Å². The van der Waals surface area contributed by atoms with Crippen molar-refractivity contribution in [3.8, 4) is 0 Å². The van der Waals surface area contributed by atoms with Crippen molar-refractivity contribution in [1.29, 1.82) is 0 Å². The molecule has 0 amide bonds. The Bertz CT molecular complexity index is 448. The molecule has 1 saturated carbocycles. The first-order valence-electron chi connectivity index (χ1n) is 8.06. The lowest BCUT2D eigenvalue weighted by molar-refractivity contribution is 0.0101. The number of benzene rings is 1. The second kappa shape index (κ2) is 6.89. The minimum absolute atomic E-state index is 0.0505. The van der Waals surface area contributed by atoms with Crippen molar-refractivity contribution in [2.24, 2.45) is 5.41 Å². The highest BCUT2D eigenvalue weighted by Crippen LogP contribution is 2.59. The molecule has 0 unspecified atom stereocenters. The molecule has 0 radical (unpaired) electrons. The van der Waals surface area contributed by atoms with Gasteiger partial charge in [-0.15, -0.1) is 0 Å². The summed E-state index contributed by atoms with van der Waals surface area (Å²) < 4.78 is 19.4. The number of hydrogen-bond acceptors (Lipinski definition) is 2. The Morgan fingerprint density at radius 1 is 1.19 bits per heavy atom. The maximum Gasteiger partial charge on any atom is 0.127 e. The van der Waals surface area contributed by atoms with E-state index in [0.29, 0.717) is 12.0 Å². The van der Waals surface area contributed by atoms with Gasteiger partial charge in [0.25, 0.3) is 0 Å². The van der Waals surface area contributed by atoms with Crippen LogP contribution in [0.15, 0.2) is 24.3 Å². The fraction of sp³-hybridized carbons (Fsp3) is 0.667. The van der Waals surface area contributed by atoms with E-state index < -0.39 is 0 Å². The number of halogens is 1. The SMILES string of the molecule is CCC1(CC)CC(CNCCOC)(c2ccccc2F)C1. The second-order valence-corrected chi connectivity index (χ2v) is 6.49. The number of methoxy groups -OCH3 is 1. The van der Waals surface area contributed by atoms with Gasteiger partial charge in [-0.05, 0) is 29.9 Å². The van der Waals surface area contributed by atoms with E-state index in [0.717, 1.165) is 31.5 Å². The summed E-state index contributed by atoms with van der Waals surface area (Å²) in [5, 5.41) is 3.45. The standard InChI is InChI=1S/C18H28FNO/c1-4-17(5-2)12-18(13-17,14-20-10-11-21-3)15-8-6-7-9-16(15)19/h6-9,20H,4-5,10-14H2,1-3H3. The van der Waals surface area contributed by atoms with Crippen LogP contribution in [0.3, 0.4) is 0 Å². The Morgan fingerprint density at radius 2 is 1.86 bits per heavy atom. The van der Waals surface area contributed by atoms with Gasteiger partial charge in [0.2, 0.25) is 0 Å². The second-order valence-electron chi connectivity index (χ2n) is 6.49. The van der Waals surface area contributed by atoms with Gasteiger partial charge in [0.1, 0.15) is 5.82 Å². The Balaban J connectivity index is 2.15. The first-order valence-corrected chi connectivity index (χ1v) is 8.06. The summed E-state index contributed by atoms with van der Waals surface area (Å²) in [7, 11) is 1.71. The predicted molar refractivity (Wildman–Crippen MR) is 85.1 cm³/mol. The zero-order valence-corrected chi connectivity index (χ0v) is 13.5. The van der Waals surface area contributed by atoms with Gasteiger partial charge in [0, 0.05) is 25.6 Å². The highest BCUT2D eigenvalue weighted by molar-refractivity contribution is 5.32. The summed E-state index contributed by atoms with van der Waals surface area (Å²) in [6, 6.07) is 7.27. The van der Waals surface area contributed by atoms with Crippen LogP contribution >= 0.6 is 0 Å². The first-order chi connectivity index (χ1) is 10.1. The van der Waals surface area contributed by atoms with E-state index >= 15 is 0 Å². The first kappa shape index (κ1) is 16.4. The summed E-state index contributed by atoms with van der Waals surface area (Å²) in [6.45, 7) is 6.86. The van der Waals surface area contributed by atoms with E-state index in [2.05, 4.69) is 19.2 Å². The van der Waals surface area contributed by atoms with Gasteiger partial charge in [-0.3, -0.25) is 0 Å². The van der Waals surface area contributed by atoms with Crippen molar-refractivity contribution in [2.45, 2.75) is 44.9 Å². The lowest BCUT2D eigenvalue weighted by Gasteiger charge is -2.57. The molecule has 0 heterocycles. The Kier molecular flexibility index (Phi) is 5.39. The van der Waals surface area contributed by atoms with Crippen molar-refractivity contribution >= 4 is 0 Å². The van der Waals surface area contributed by atoms with Crippen LogP contribution in [-0.4, -0.2) is 26.8 Å². The Morgan fingerprint density at radius 3 is 2.43 bits per heavy atom. The summed E-state index contributed by atoms with van der Waals surface area (Å²) in [4.78, 5) is 0. The smallest absolute Gasteiger partial charge is 0.127 e. The fourth-order valence-electron chi connectivity index (χ4n) is 3.94. The van der Waals surface area contributed by atoms with Crippen molar-refractivity contribution in [1.82, 2.24) is 5.32 Å². The molecule has 0 bridgehead atoms. The fourth-order valence-corrected chi connectivity index (χ4v) is 3.94. The van der Waals surface area contributed by atoms with Crippen molar-refractivity contribution in [2.75, 3.05) is 26.8 Å². The van der Waals surface area contributed by atoms with Gasteiger partial charge in [-0.1, -0.05) is 44.9 Å². The van der Waals surface area contributed by atoms with Gasteiger partial charge in [-0.2, -0.15) is 0 Å². The van der Waals surface area contributed by atoms with Gasteiger partial charge in [-0.25, -0.2) is 4.39 Å². The zero-order chi connectivity index (χ0) is 15.3. The van der Waals surface area contributed by atoms with Gasteiger partial charge in [0.15, 0.2) is 0 Å². The molecule has 1 aliphatic carbocycles. The molecule has 1 aromatic carbocycles. The Labute approximate surface area is 128 Å². The molecule has 2 rings (SSSR count). The molecule has 2 nitrogen and oxygen atoms in total. The molecule has 3 heteroatoms. The number of rotatable bonds is 8. The molecule has 0 aliphatic heterocycles. The quantitative estimate of drug-likeness (QED) is 0.734. The van der Waals surface area contributed by atoms with Crippen LogP contribution in [0, 0.1) is 11.2 Å². The van der Waals surface area contributed by atoms with E-state index in [1.54, 1.807) is 19.2 Å². The number of nitrogens with one attached hydrogen (secondary N) is 1. The molecule has 1 fully saturated rings. The van der Waals surface area contributed by atoms with Gasteiger partial charge < -0.3 is 10.1 Å². The highest BCUT2D eigenvalue weighted by atomic mass is 19.1. The average Bonchev–Trinajstić information content (AvgIpc) is 2.47. The summed E-state index contributed by atoms with van der Waals surface area (Å²) in [5.74, 6) is -0.0631. The van der Waals surface area contributed by atoms with E-state index in [9.17, 15) is 4.39 Å². The lowest BCUT2D eigenvalue weighted by atomic mass is 9.48. The Hall–Kier alpha value is -0.930. The van der Waals surface area contributed by atoms with Crippen LogP contribution in [0.25, 0.3) is 0 Å². The van der Waals surface area contributed by atoms with E-state index in [4.69, 9.17) is 4.74 Å². The third-order valence-electron chi connectivity index (χ3n) is 5.32.